The predicted octanol–water partition coefficient (Wildman–Crippen LogP) is 3.29. The molecule has 0 aromatic heterocycles. The Morgan fingerprint density at radius 2 is 2.05 bits per heavy atom. The summed E-state index contributed by atoms with van der Waals surface area (Å²) in [4.78, 5) is 12.6. The van der Waals surface area contributed by atoms with Crippen LogP contribution in [0.4, 0.5) is 8.78 Å². The molecule has 1 aliphatic heterocycles. The number of hydrogen-bond donors (Lipinski definition) is 2. The third-order valence-corrected chi connectivity index (χ3v) is 4.14. The van der Waals surface area contributed by atoms with Crippen molar-refractivity contribution in [2.45, 2.75) is 42.5 Å². The highest BCUT2D eigenvalue weighted by Crippen LogP contribution is 2.25. The molecule has 2 N–H and O–H groups in total. The molecule has 118 valence electrons. The van der Waals surface area contributed by atoms with Crippen molar-refractivity contribution >= 4 is 30.1 Å². The van der Waals surface area contributed by atoms with Crippen LogP contribution in [0.5, 0.6) is 0 Å². The first kappa shape index (κ1) is 18.2. The van der Waals surface area contributed by atoms with Crippen LogP contribution in [0.2, 0.25) is 0 Å². The van der Waals surface area contributed by atoms with Crippen LogP contribution in [0, 0.1) is 0 Å². The molecule has 0 aliphatic carbocycles. The molecular weight excluding hydrogens is 318 g/mol. The first-order valence-corrected chi connectivity index (χ1v) is 7.53. The fourth-order valence-corrected chi connectivity index (χ4v) is 2.78. The van der Waals surface area contributed by atoms with Gasteiger partial charge in [-0.25, -0.2) is 0 Å². The Labute approximate surface area is 133 Å². The molecule has 3 nitrogen and oxygen atoms in total. The maximum Gasteiger partial charge on any atom is 0.288 e. The molecule has 2 atom stereocenters. The Hall–Kier alpha value is -0.850. The van der Waals surface area contributed by atoms with E-state index in [4.69, 9.17) is 0 Å². The highest BCUT2D eigenvalue weighted by Gasteiger charge is 2.22. The number of hydrogen-bond acceptors (Lipinski definition) is 3. The molecule has 1 saturated heterocycles. The fraction of sp³-hybridized carbons (Fsp3) is 0.500. The smallest absolute Gasteiger partial charge is 0.288 e. The molecule has 1 fully saturated rings. The zero-order chi connectivity index (χ0) is 14.5. The van der Waals surface area contributed by atoms with Gasteiger partial charge in [0.05, 0.1) is 0 Å². The van der Waals surface area contributed by atoms with E-state index in [1.807, 2.05) is 6.92 Å². The van der Waals surface area contributed by atoms with E-state index in [0.717, 1.165) is 19.4 Å². The molecule has 1 aromatic carbocycles. The average molecular weight is 337 g/mol. The van der Waals surface area contributed by atoms with Gasteiger partial charge in [0.15, 0.2) is 0 Å². The van der Waals surface area contributed by atoms with Gasteiger partial charge in [-0.2, -0.15) is 8.78 Å². The summed E-state index contributed by atoms with van der Waals surface area (Å²) < 4.78 is 24.4. The molecular formula is C14H19ClF2N2OS. The Kier molecular flexibility index (Phi) is 7.42. The lowest BCUT2D eigenvalue weighted by molar-refractivity contribution is 0.0920. The van der Waals surface area contributed by atoms with Gasteiger partial charge >= 0.3 is 0 Å². The zero-order valence-electron chi connectivity index (χ0n) is 11.6. The first-order chi connectivity index (χ1) is 9.56. The Balaban J connectivity index is 0.00000220. The highest BCUT2D eigenvalue weighted by molar-refractivity contribution is 7.99. The minimum absolute atomic E-state index is 0. The normalized spacial score (nSPS) is 21.7. The van der Waals surface area contributed by atoms with Crippen molar-refractivity contribution in [2.75, 3.05) is 6.54 Å². The van der Waals surface area contributed by atoms with Gasteiger partial charge < -0.3 is 10.6 Å². The van der Waals surface area contributed by atoms with Gasteiger partial charge in [-0.15, -0.1) is 12.4 Å². The molecule has 0 bridgehead atoms. The van der Waals surface area contributed by atoms with Crippen LogP contribution >= 0.6 is 24.2 Å². The van der Waals surface area contributed by atoms with Gasteiger partial charge in [0, 0.05) is 22.5 Å². The number of rotatable bonds is 4. The van der Waals surface area contributed by atoms with Crippen molar-refractivity contribution in [2.24, 2.45) is 0 Å². The number of amides is 1. The minimum Gasteiger partial charge on any atom is -0.348 e. The number of nitrogens with one attached hydrogen (secondary N) is 2. The molecule has 0 radical (unpaired) electrons. The van der Waals surface area contributed by atoms with Gasteiger partial charge in [0.25, 0.3) is 11.7 Å². The quantitative estimate of drug-likeness (QED) is 0.829. The number of piperidine rings is 1. The number of carbonyl (C=O) groups is 1. The van der Waals surface area contributed by atoms with Crippen LogP contribution in [0.15, 0.2) is 29.2 Å². The van der Waals surface area contributed by atoms with Crippen LogP contribution in [-0.2, 0) is 0 Å². The van der Waals surface area contributed by atoms with E-state index in [9.17, 15) is 13.6 Å². The average Bonchev–Trinajstić information content (AvgIpc) is 2.41. The molecule has 21 heavy (non-hydrogen) atoms. The van der Waals surface area contributed by atoms with Crippen molar-refractivity contribution < 1.29 is 13.6 Å². The zero-order valence-corrected chi connectivity index (χ0v) is 13.3. The topological polar surface area (TPSA) is 41.1 Å². The van der Waals surface area contributed by atoms with Gasteiger partial charge in [-0.3, -0.25) is 4.79 Å². The highest BCUT2D eigenvalue weighted by atomic mass is 35.5. The van der Waals surface area contributed by atoms with Crippen LogP contribution in [0.25, 0.3) is 0 Å². The summed E-state index contributed by atoms with van der Waals surface area (Å²) in [5.74, 6) is -2.59. The molecule has 0 spiro atoms. The Bertz CT molecular complexity index is 459. The van der Waals surface area contributed by atoms with Crippen LogP contribution in [0.3, 0.4) is 0 Å². The SMILES string of the molecule is CC1NCCCC1NC(=O)c1ccc(SC(F)F)cc1.Cl. The minimum atomic E-state index is -2.44. The van der Waals surface area contributed by atoms with Crippen LogP contribution in [0.1, 0.15) is 30.1 Å². The number of halogens is 3. The number of carbonyl (C=O) groups excluding carboxylic acids is 1. The monoisotopic (exact) mass is 336 g/mol. The van der Waals surface area contributed by atoms with E-state index < -0.39 is 5.76 Å². The molecule has 0 saturated carbocycles. The lowest BCUT2D eigenvalue weighted by Gasteiger charge is -2.30. The van der Waals surface area contributed by atoms with E-state index in [1.54, 1.807) is 24.3 Å². The summed E-state index contributed by atoms with van der Waals surface area (Å²) in [6.45, 7) is 3.03. The summed E-state index contributed by atoms with van der Waals surface area (Å²) in [5, 5.41) is 6.31. The second kappa shape index (κ2) is 8.56. The molecule has 1 heterocycles. The molecule has 1 aliphatic rings. The van der Waals surface area contributed by atoms with Gasteiger partial charge in [-0.1, -0.05) is 11.8 Å². The fourth-order valence-electron chi connectivity index (χ4n) is 2.28. The number of thioether (sulfide) groups is 1. The van der Waals surface area contributed by atoms with Crippen molar-refractivity contribution in [3.63, 3.8) is 0 Å². The lowest BCUT2D eigenvalue weighted by Crippen LogP contribution is -2.51. The Morgan fingerprint density at radius 1 is 1.38 bits per heavy atom. The van der Waals surface area contributed by atoms with Crippen molar-refractivity contribution in [1.29, 1.82) is 0 Å². The third kappa shape index (κ3) is 5.45. The third-order valence-electron chi connectivity index (χ3n) is 3.42. The van der Waals surface area contributed by atoms with E-state index in [0.29, 0.717) is 22.2 Å². The first-order valence-electron chi connectivity index (χ1n) is 6.65. The van der Waals surface area contributed by atoms with Crippen molar-refractivity contribution in [3.8, 4) is 0 Å². The summed E-state index contributed by atoms with van der Waals surface area (Å²) in [5.41, 5.74) is 0.501. The molecule has 7 heteroatoms. The molecule has 1 amide bonds. The summed E-state index contributed by atoms with van der Waals surface area (Å²) in [6, 6.07) is 6.64. The lowest BCUT2D eigenvalue weighted by atomic mass is 9.99. The van der Waals surface area contributed by atoms with Crippen LogP contribution < -0.4 is 10.6 Å². The summed E-state index contributed by atoms with van der Waals surface area (Å²) in [7, 11) is 0. The second-order valence-electron chi connectivity index (χ2n) is 4.87. The molecule has 1 aromatic rings. The molecule has 2 unspecified atom stereocenters. The second-order valence-corrected chi connectivity index (χ2v) is 5.93. The van der Waals surface area contributed by atoms with Crippen molar-refractivity contribution in [1.82, 2.24) is 10.6 Å². The number of benzene rings is 1. The van der Waals surface area contributed by atoms with E-state index >= 15 is 0 Å². The van der Waals surface area contributed by atoms with E-state index in [2.05, 4.69) is 10.6 Å². The van der Waals surface area contributed by atoms with Crippen LogP contribution in [-0.4, -0.2) is 30.3 Å². The van der Waals surface area contributed by atoms with Gasteiger partial charge in [0.1, 0.15) is 0 Å². The summed E-state index contributed by atoms with van der Waals surface area (Å²) in [6.07, 6.45) is 2.00. The standard InChI is InChI=1S/C14H18F2N2OS.ClH/c1-9-12(3-2-8-17-9)18-13(19)10-4-6-11(7-5-10)20-14(15)16;/h4-7,9,12,14,17H,2-3,8H2,1H3,(H,18,19);1H. The van der Waals surface area contributed by atoms with Gasteiger partial charge in [0.2, 0.25) is 0 Å². The molecule has 2 rings (SSSR count). The van der Waals surface area contributed by atoms with E-state index in [-0.39, 0.29) is 30.4 Å². The Morgan fingerprint density at radius 3 is 2.62 bits per heavy atom. The predicted molar refractivity (Wildman–Crippen MR) is 83.5 cm³/mol. The largest absolute Gasteiger partial charge is 0.348 e. The maximum atomic E-state index is 12.2. The van der Waals surface area contributed by atoms with E-state index in [1.165, 1.54) is 0 Å². The van der Waals surface area contributed by atoms with Gasteiger partial charge in [-0.05, 0) is 50.6 Å². The number of alkyl halides is 2. The van der Waals surface area contributed by atoms with Crippen molar-refractivity contribution in [3.05, 3.63) is 29.8 Å². The maximum absolute atomic E-state index is 12.2. The summed E-state index contributed by atoms with van der Waals surface area (Å²) >= 11 is 0.480.